The van der Waals surface area contributed by atoms with Gasteiger partial charge < -0.3 is 9.80 Å². The topological polar surface area (TPSA) is 43.9 Å². The normalized spacial score (nSPS) is 16.8. The van der Waals surface area contributed by atoms with Crippen LogP contribution in [0.5, 0.6) is 0 Å². The molecule has 3 amide bonds. The van der Waals surface area contributed by atoms with Crippen LogP contribution < -0.4 is 9.80 Å². The second-order valence-electron chi connectivity index (χ2n) is 6.97. The third-order valence-electron chi connectivity index (χ3n) is 5.18. The van der Waals surface area contributed by atoms with Crippen LogP contribution in [0.2, 0.25) is 0 Å². The summed E-state index contributed by atoms with van der Waals surface area (Å²) in [5, 5.41) is 0. The molecule has 0 atom stereocenters. The third kappa shape index (κ3) is 3.05. The van der Waals surface area contributed by atoms with Gasteiger partial charge in [0.25, 0.3) is 0 Å². The van der Waals surface area contributed by atoms with E-state index in [0.29, 0.717) is 13.1 Å². The van der Waals surface area contributed by atoms with Gasteiger partial charge in [-0.25, -0.2) is 4.79 Å². The van der Waals surface area contributed by atoms with E-state index in [1.165, 1.54) is 5.56 Å². The number of para-hydroxylation sites is 1. The number of carbonyl (C=O) groups is 2. The molecule has 2 aromatic rings. The molecule has 134 valence electrons. The number of nitrogens with zero attached hydrogens (tertiary/aromatic N) is 3. The van der Waals surface area contributed by atoms with Crippen LogP contribution in [0.3, 0.4) is 0 Å². The lowest BCUT2D eigenvalue weighted by Gasteiger charge is -2.30. The second-order valence-corrected chi connectivity index (χ2v) is 6.97. The summed E-state index contributed by atoms with van der Waals surface area (Å²) in [6, 6.07) is 15.9. The van der Waals surface area contributed by atoms with E-state index >= 15 is 0 Å². The second kappa shape index (κ2) is 6.83. The molecule has 2 aromatic carbocycles. The van der Waals surface area contributed by atoms with E-state index in [1.54, 1.807) is 9.80 Å². The lowest BCUT2D eigenvalue weighted by Crippen LogP contribution is -2.44. The van der Waals surface area contributed by atoms with Crippen LogP contribution in [0.4, 0.5) is 16.2 Å². The fourth-order valence-corrected chi connectivity index (χ4v) is 3.73. The molecule has 26 heavy (non-hydrogen) atoms. The Morgan fingerprint density at radius 1 is 1.00 bits per heavy atom. The Labute approximate surface area is 153 Å². The van der Waals surface area contributed by atoms with Crippen molar-refractivity contribution in [1.29, 1.82) is 0 Å². The summed E-state index contributed by atoms with van der Waals surface area (Å²) < 4.78 is 0. The predicted octanol–water partition coefficient (Wildman–Crippen LogP) is 3.22. The van der Waals surface area contributed by atoms with Crippen LogP contribution in [0.1, 0.15) is 17.5 Å². The van der Waals surface area contributed by atoms with Crippen LogP contribution in [0.15, 0.2) is 48.5 Å². The summed E-state index contributed by atoms with van der Waals surface area (Å²) in [5.41, 5.74) is 4.25. The Morgan fingerprint density at radius 2 is 1.77 bits per heavy atom. The number of urea groups is 1. The highest BCUT2D eigenvalue weighted by Gasteiger charge is 2.32. The number of hydrogen-bond donors (Lipinski definition) is 0. The van der Waals surface area contributed by atoms with Crippen molar-refractivity contribution in [2.45, 2.75) is 19.8 Å². The number of aryl methyl sites for hydroxylation is 2. The molecule has 4 rings (SSSR count). The van der Waals surface area contributed by atoms with E-state index < -0.39 is 0 Å². The first kappa shape index (κ1) is 16.6. The van der Waals surface area contributed by atoms with Gasteiger partial charge >= 0.3 is 6.03 Å². The first-order chi connectivity index (χ1) is 12.6. The molecule has 0 saturated carbocycles. The molecule has 1 fully saturated rings. The number of amides is 3. The number of benzene rings is 2. The number of rotatable bonds is 3. The van der Waals surface area contributed by atoms with Crippen LogP contribution in [-0.2, 0) is 11.2 Å². The quantitative estimate of drug-likeness (QED) is 0.854. The smallest absolute Gasteiger partial charge is 0.313 e. The predicted molar refractivity (Wildman–Crippen MR) is 103 cm³/mol. The van der Waals surface area contributed by atoms with E-state index in [9.17, 15) is 9.59 Å². The largest absolute Gasteiger partial charge is 0.325 e. The summed E-state index contributed by atoms with van der Waals surface area (Å²) in [6.07, 6.45) is 1.97. The first-order valence-corrected chi connectivity index (χ1v) is 9.15. The van der Waals surface area contributed by atoms with Gasteiger partial charge in [0, 0.05) is 31.0 Å². The zero-order chi connectivity index (χ0) is 18.1. The van der Waals surface area contributed by atoms with Crippen molar-refractivity contribution < 1.29 is 9.59 Å². The van der Waals surface area contributed by atoms with Gasteiger partial charge in [-0.2, -0.15) is 0 Å². The Kier molecular flexibility index (Phi) is 4.37. The lowest BCUT2D eigenvalue weighted by atomic mass is 10.0. The number of anilines is 2. The van der Waals surface area contributed by atoms with Gasteiger partial charge in [0.2, 0.25) is 5.91 Å². The molecule has 5 nitrogen and oxygen atoms in total. The minimum absolute atomic E-state index is 0.00347. The molecule has 0 unspecified atom stereocenters. The SMILES string of the molecule is Cc1ccc(N2CCN(CC(=O)N3CCCc4ccccc43)C2=O)cc1. The molecule has 5 heteroatoms. The summed E-state index contributed by atoms with van der Waals surface area (Å²) in [7, 11) is 0. The Morgan fingerprint density at radius 3 is 2.58 bits per heavy atom. The van der Waals surface area contributed by atoms with Crippen LogP contribution >= 0.6 is 0 Å². The van der Waals surface area contributed by atoms with Crippen molar-refractivity contribution >= 4 is 23.3 Å². The Hall–Kier alpha value is -2.82. The molecule has 0 radical (unpaired) electrons. The maximum atomic E-state index is 12.9. The van der Waals surface area contributed by atoms with Gasteiger partial charge in [0.1, 0.15) is 6.54 Å². The summed E-state index contributed by atoms with van der Waals surface area (Å²) >= 11 is 0. The standard InChI is InChI=1S/C21H23N3O2/c1-16-8-10-18(11-9-16)23-14-13-22(21(23)26)15-20(25)24-12-4-6-17-5-2-3-7-19(17)24/h2-3,5,7-11H,4,6,12-15H2,1H3. The fourth-order valence-electron chi connectivity index (χ4n) is 3.73. The molecule has 2 aliphatic rings. The maximum absolute atomic E-state index is 12.9. The first-order valence-electron chi connectivity index (χ1n) is 9.15. The van der Waals surface area contributed by atoms with E-state index in [-0.39, 0.29) is 18.5 Å². The Balaban J connectivity index is 1.46. The van der Waals surface area contributed by atoms with Crippen molar-refractivity contribution in [3.8, 4) is 0 Å². The summed E-state index contributed by atoms with van der Waals surface area (Å²) in [4.78, 5) is 30.8. The van der Waals surface area contributed by atoms with Gasteiger partial charge in [0.05, 0.1) is 0 Å². The van der Waals surface area contributed by atoms with Crippen LogP contribution in [0, 0.1) is 6.92 Å². The zero-order valence-electron chi connectivity index (χ0n) is 15.0. The van der Waals surface area contributed by atoms with Gasteiger partial charge in [0.15, 0.2) is 0 Å². The van der Waals surface area contributed by atoms with E-state index in [1.807, 2.05) is 54.3 Å². The number of fused-ring (bicyclic) bond motifs is 1. The van der Waals surface area contributed by atoms with Crippen molar-refractivity contribution in [2.75, 3.05) is 36.0 Å². The van der Waals surface area contributed by atoms with Gasteiger partial charge in [-0.05, 0) is 43.5 Å². The maximum Gasteiger partial charge on any atom is 0.325 e. The van der Waals surface area contributed by atoms with Gasteiger partial charge in [-0.1, -0.05) is 35.9 Å². The van der Waals surface area contributed by atoms with E-state index in [2.05, 4.69) is 6.07 Å². The highest BCUT2D eigenvalue weighted by molar-refractivity contribution is 6.01. The van der Waals surface area contributed by atoms with Crippen molar-refractivity contribution in [3.05, 3.63) is 59.7 Å². The monoisotopic (exact) mass is 349 g/mol. The van der Waals surface area contributed by atoms with Gasteiger partial charge in [-0.3, -0.25) is 9.69 Å². The summed E-state index contributed by atoms with van der Waals surface area (Å²) in [5.74, 6) is -0.00347. The van der Waals surface area contributed by atoms with Crippen molar-refractivity contribution in [3.63, 3.8) is 0 Å². The van der Waals surface area contributed by atoms with Crippen LogP contribution in [-0.4, -0.2) is 43.0 Å². The fraction of sp³-hybridized carbons (Fsp3) is 0.333. The highest BCUT2D eigenvalue weighted by Crippen LogP contribution is 2.27. The molecule has 0 aliphatic carbocycles. The summed E-state index contributed by atoms with van der Waals surface area (Å²) in [6.45, 7) is 4.08. The average Bonchev–Trinajstić information content (AvgIpc) is 3.02. The molecule has 1 saturated heterocycles. The minimum Gasteiger partial charge on any atom is -0.313 e. The van der Waals surface area contributed by atoms with E-state index in [4.69, 9.17) is 0 Å². The molecule has 0 N–H and O–H groups in total. The molecule has 2 aliphatic heterocycles. The van der Waals surface area contributed by atoms with Crippen molar-refractivity contribution in [1.82, 2.24) is 4.90 Å². The molecule has 0 bridgehead atoms. The van der Waals surface area contributed by atoms with E-state index in [0.717, 1.165) is 36.3 Å². The molecule has 0 aromatic heterocycles. The van der Waals surface area contributed by atoms with Crippen LogP contribution in [0.25, 0.3) is 0 Å². The third-order valence-corrected chi connectivity index (χ3v) is 5.18. The minimum atomic E-state index is -0.0903. The highest BCUT2D eigenvalue weighted by atomic mass is 16.2. The number of hydrogen-bond acceptors (Lipinski definition) is 2. The molecular weight excluding hydrogens is 326 g/mol. The zero-order valence-corrected chi connectivity index (χ0v) is 15.0. The lowest BCUT2D eigenvalue weighted by molar-refractivity contribution is -0.119. The average molecular weight is 349 g/mol. The number of carbonyl (C=O) groups excluding carboxylic acids is 2. The molecule has 2 heterocycles. The van der Waals surface area contributed by atoms with Gasteiger partial charge in [-0.15, -0.1) is 0 Å². The Bertz CT molecular complexity index is 831. The van der Waals surface area contributed by atoms with Crippen molar-refractivity contribution in [2.24, 2.45) is 0 Å². The molecule has 0 spiro atoms. The molecular formula is C21H23N3O2.